The second kappa shape index (κ2) is 5.19. The second-order valence-corrected chi connectivity index (χ2v) is 4.69. The average molecular weight is 306 g/mol. The van der Waals surface area contributed by atoms with E-state index in [1.54, 1.807) is 43.3 Å². The minimum Gasteiger partial charge on any atom is -0.454 e. The fourth-order valence-electron chi connectivity index (χ4n) is 1.51. The normalized spacial score (nSPS) is 9.89. The lowest BCUT2D eigenvalue weighted by Crippen LogP contribution is -1.91. The summed E-state index contributed by atoms with van der Waals surface area (Å²) in [6.07, 6.45) is 0. The zero-order valence-electron chi connectivity index (χ0n) is 9.58. The molecule has 90 valence electrons. The van der Waals surface area contributed by atoms with E-state index in [1.165, 1.54) is 0 Å². The highest BCUT2D eigenvalue weighted by Crippen LogP contribution is 2.29. The van der Waals surface area contributed by atoms with Gasteiger partial charge in [-0.25, -0.2) is 4.39 Å². The van der Waals surface area contributed by atoms with Crippen molar-refractivity contribution in [1.82, 2.24) is 0 Å². The molecule has 0 saturated heterocycles. The summed E-state index contributed by atoms with van der Waals surface area (Å²) in [5.74, 6) is 0.179. The molecule has 18 heavy (non-hydrogen) atoms. The number of nitriles is 1. The molecule has 0 atom stereocenters. The van der Waals surface area contributed by atoms with Crippen LogP contribution in [0.3, 0.4) is 0 Å². The first kappa shape index (κ1) is 12.6. The van der Waals surface area contributed by atoms with E-state index >= 15 is 0 Å². The molecule has 0 amide bonds. The lowest BCUT2D eigenvalue weighted by atomic mass is 10.2. The monoisotopic (exact) mass is 305 g/mol. The topological polar surface area (TPSA) is 33.0 Å². The standard InChI is InChI=1S/C14H9BrFNO/c1-9-3-2-4-13(14(9)16)18-12-6-10(8-17)5-11(15)7-12/h2-7H,1H3. The summed E-state index contributed by atoms with van der Waals surface area (Å²) in [7, 11) is 0. The van der Waals surface area contributed by atoms with Gasteiger partial charge in [-0.15, -0.1) is 0 Å². The molecule has 0 aromatic heterocycles. The number of aryl methyl sites for hydroxylation is 1. The van der Waals surface area contributed by atoms with Crippen molar-refractivity contribution in [2.24, 2.45) is 0 Å². The minimum atomic E-state index is -0.393. The van der Waals surface area contributed by atoms with Crippen molar-refractivity contribution in [1.29, 1.82) is 5.26 Å². The van der Waals surface area contributed by atoms with Crippen molar-refractivity contribution in [2.75, 3.05) is 0 Å². The molecule has 0 heterocycles. The Hall–Kier alpha value is -1.86. The molecule has 0 saturated carbocycles. The molecule has 0 N–H and O–H groups in total. The lowest BCUT2D eigenvalue weighted by molar-refractivity contribution is 0.439. The van der Waals surface area contributed by atoms with E-state index < -0.39 is 5.82 Å². The van der Waals surface area contributed by atoms with Gasteiger partial charge < -0.3 is 4.74 Å². The maximum Gasteiger partial charge on any atom is 0.168 e. The number of benzene rings is 2. The largest absolute Gasteiger partial charge is 0.454 e. The number of hydrogen-bond donors (Lipinski definition) is 0. The van der Waals surface area contributed by atoms with Crippen molar-refractivity contribution in [3.05, 3.63) is 57.8 Å². The number of ether oxygens (including phenoxy) is 1. The maximum absolute atomic E-state index is 13.8. The van der Waals surface area contributed by atoms with Crippen LogP contribution in [-0.2, 0) is 0 Å². The SMILES string of the molecule is Cc1cccc(Oc2cc(Br)cc(C#N)c2)c1F. The number of nitrogens with zero attached hydrogens (tertiary/aromatic N) is 1. The summed E-state index contributed by atoms with van der Waals surface area (Å²) in [5.41, 5.74) is 0.968. The minimum absolute atomic E-state index is 0.150. The first-order valence-corrected chi connectivity index (χ1v) is 6.03. The molecule has 2 aromatic rings. The zero-order chi connectivity index (χ0) is 13.1. The molecule has 0 aliphatic heterocycles. The first-order chi connectivity index (χ1) is 8.60. The van der Waals surface area contributed by atoms with Gasteiger partial charge in [0.25, 0.3) is 0 Å². The van der Waals surface area contributed by atoms with Gasteiger partial charge in [0.05, 0.1) is 11.6 Å². The van der Waals surface area contributed by atoms with E-state index in [2.05, 4.69) is 15.9 Å². The Kier molecular flexibility index (Phi) is 3.63. The molecule has 2 nitrogen and oxygen atoms in total. The Morgan fingerprint density at radius 3 is 2.78 bits per heavy atom. The van der Waals surface area contributed by atoms with Gasteiger partial charge in [0, 0.05) is 4.47 Å². The Labute approximate surface area is 113 Å². The zero-order valence-corrected chi connectivity index (χ0v) is 11.2. The Balaban J connectivity index is 2.37. The number of hydrogen-bond acceptors (Lipinski definition) is 2. The van der Waals surface area contributed by atoms with E-state index in [1.807, 2.05) is 6.07 Å². The molecular weight excluding hydrogens is 297 g/mol. The first-order valence-electron chi connectivity index (χ1n) is 5.24. The van der Waals surface area contributed by atoms with Crippen LogP contribution in [0.15, 0.2) is 40.9 Å². The molecule has 0 bridgehead atoms. The third-order valence-electron chi connectivity index (χ3n) is 2.38. The van der Waals surface area contributed by atoms with Crippen molar-refractivity contribution in [3.8, 4) is 17.6 Å². The van der Waals surface area contributed by atoms with Crippen molar-refractivity contribution in [2.45, 2.75) is 6.92 Å². The highest BCUT2D eigenvalue weighted by molar-refractivity contribution is 9.10. The second-order valence-electron chi connectivity index (χ2n) is 3.78. The molecule has 2 aromatic carbocycles. The highest BCUT2D eigenvalue weighted by atomic mass is 79.9. The smallest absolute Gasteiger partial charge is 0.168 e. The van der Waals surface area contributed by atoms with Crippen molar-refractivity contribution < 1.29 is 9.13 Å². The predicted molar refractivity (Wildman–Crippen MR) is 70.1 cm³/mol. The molecule has 2 rings (SSSR count). The summed E-state index contributed by atoms with van der Waals surface area (Å²) in [5, 5.41) is 8.85. The van der Waals surface area contributed by atoms with Crippen molar-refractivity contribution >= 4 is 15.9 Å². The average Bonchev–Trinajstić information content (AvgIpc) is 2.34. The lowest BCUT2D eigenvalue weighted by Gasteiger charge is -2.08. The van der Waals surface area contributed by atoms with Crippen LogP contribution in [0.4, 0.5) is 4.39 Å². The van der Waals surface area contributed by atoms with E-state index in [-0.39, 0.29) is 5.75 Å². The van der Waals surface area contributed by atoms with E-state index in [0.717, 1.165) is 0 Å². The molecule has 0 spiro atoms. The molecule has 0 fully saturated rings. The van der Waals surface area contributed by atoms with Crippen LogP contribution < -0.4 is 4.74 Å². The van der Waals surface area contributed by atoms with Crippen LogP contribution in [0.2, 0.25) is 0 Å². The fraction of sp³-hybridized carbons (Fsp3) is 0.0714. The number of rotatable bonds is 2. The van der Waals surface area contributed by atoms with Crippen LogP contribution >= 0.6 is 15.9 Å². The van der Waals surface area contributed by atoms with Crippen LogP contribution in [0.25, 0.3) is 0 Å². The molecular formula is C14H9BrFNO. The molecule has 4 heteroatoms. The predicted octanol–water partition coefficient (Wildman–Crippen LogP) is 4.56. The molecule has 0 radical (unpaired) electrons. The summed E-state index contributed by atoms with van der Waals surface area (Å²) in [6.45, 7) is 1.67. The van der Waals surface area contributed by atoms with Gasteiger partial charge in [-0.2, -0.15) is 5.26 Å². The van der Waals surface area contributed by atoms with E-state index in [9.17, 15) is 4.39 Å². The number of halogens is 2. The Bertz CT molecular complexity index is 634. The molecule has 0 unspecified atom stereocenters. The third-order valence-corrected chi connectivity index (χ3v) is 2.84. The van der Waals surface area contributed by atoms with Gasteiger partial charge in [0.1, 0.15) is 5.75 Å². The molecule has 0 aliphatic rings. The summed E-state index contributed by atoms with van der Waals surface area (Å²) >= 11 is 3.28. The summed E-state index contributed by atoms with van der Waals surface area (Å²) in [6, 6.07) is 11.9. The van der Waals surface area contributed by atoms with E-state index in [4.69, 9.17) is 10.00 Å². The van der Waals surface area contributed by atoms with Gasteiger partial charge in [-0.05, 0) is 36.8 Å². The summed E-state index contributed by atoms with van der Waals surface area (Å²) < 4.78 is 19.9. The Morgan fingerprint density at radius 2 is 2.06 bits per heavy atom. The van der Waals surface area contributed by atoms with Gasteiger partial charge in [0.15, 0.2) is 11.6 Å². The molecule has 0 aliphatic carbocycles. The van der Waals surface area contributed by atoms with Crippen LogP contribution in [0, 0.1) is 24.1 Å². The quantitative estimate of drug-likeness (QED) is 0.815. The maximum atomic E-state index is 13.8. The third kappa shape index (κ3) is 2.69. The summed E-state index contributed by atoms with van der Waals surface area (Å²) in [4.78, 5) is 0. The fourth-order valence-corrected chi connectivity index (χ4v) is 1.98. The van der Waals surface area contributed by atoms with E-state index in [0.29, 0.717) is 21.3 Å². The highest BCUT2D eigenvalue weighted by Gasteiger charge is 2.08. The van der Waals surface area contributed by atoms with Crippen LogP contribution in [-0.4, -0.2) is 0 Å². The van der Waals surface area contributed by atoms with Crippen LogP contribution in [0.5, 0.6) is 11.5 Å². The Morgan fingerprint density at radius 1 is 1.28 bits per heavy atom. The van der Waals surface area contributed by atoms with Gasteiger partial charge in [-0.1, -0.05) is 28.1 Å². The van der Waals surface area contributed by atoms with Gasteiger partial charge in [-0.3, -0.25) is 0 Å². The van der Waals surface area contributed by atoms with Crippen molar-refractivity contribution in [3.63, 3.8) is 0 Å². The van der Waals surface area contributed by atoms with Gasteiger partial charge in [0.2, 0.25) is 0 Å². The van der Waals surface area contributed by atoms with Crippen LogP contribution in [0.1, 0.15) is 11.1 Å². The van der Waals surface area contributed by atoms with Gasteiger partial charge >= 0.3 is 0 Å².